The van der Waals surface area contributed by atoms with Crippen LogP contribution in [0.15, 0.2) is 12.1 Å². The van der Waals surface area contributed by atoms with Gasteiger partial charge in [-0.2, -0.15) is 0 Å². The normalized spacial score (nSPS) is 21.0. The molecule has 1 unspecified atom stereocenters. The molecule has 1 saturated heterocycles. The Labute approximate surface area is 110 Å². The number of likely N-dealkylation sites (N-methyl/N-ethyl adjacent to an activating group) is 1. The Hall–Kier alpha value is -1.06. The fourth-order valence-corrected chi connectivity index (χ4v) is 2.64. The lowest BCUT2D eigenvalue weighted by Gasteiger charge is -2.33. The van der Waals surface area contributed by atoms with Gasteiger partial charge >= 0.3 is 0 Å². The van der Waals surface area contributed by atoms with Crippen molar-refractivity contribution in [2.45, 2.75) is 26.3 Å². The fraction of sp³-hybridized carbons (Fsp3) is 0.600. The van der Waals surface area contributed by atoms with Crippen LogP contribution in [0.4, 0.5) is 0 Å². The van der Waals surface area contributed by atoms with Crippen LogP contribution in [0.25, 0.3) is 0 Å². The van der Waals surface area contributed by atoms with Crippen molar-refractivity contribution < 1.29 is 4.74 Å². The maximum atomic E-state index is 5.37. The molecule has 0 spiro atoms. The first-order valence-electron chi connectivity index (χ1n) is 6.67. The Morgan fingerprint density at radius 3 is 2.78 bits per heavy atom. The zero-order valence-electron chi connectivity index (χ0n) is 11.9. The van der Waals surface area contributed by atoms with Crippen LogP contribution >= 0.6 is 0 Å². The Bertz CT molecular complexity index is 417. The third kappa shape index (κ3) is 2.68. The second kappa shape index (κ2) is 5.72. The molecule has 1 aliphatic heterocycles. The third-order valence-corrected chi connectivity index (χ3v) is 4.17. The average Bonchev–Trinajstić information content (AvgIpc) is 2.38. The molecule has 1 aliphatic rings. The molecule has 1 atom stereocenters. The highest BCUT2D eigenvalue weighted by Gasteiger charge is 2.20. The Morgan fingerprint density at radius 2 is 2.11 bits per heavy atom. The molecule has 1 N–H and O–H groups in total. The summed E-state index contributed by atoms with van der Waals surface area (Å²) in [5.41, 5.74) is 4.07. The van der Waals surface area contributed by atoms with Gasteiger partial charge in [-0.05, 0) is 50.1 Å². The first-order chi connectivity index (χ1) is 8.63. The number of methoxy groups -OCH3 is 1. The molecule has 3 nitrogen and oxygen atoms in total. The number of nitrogens with zero attached hydrogens (tertiary/aromatic N) is 1. The number of hydrogen-bond donors (Lipinski definition) is 1. The molecule has 2 rings (SSSR count). The van der Waals surface area contributed by atoms with Gasteiger partial charge in [0.05, 0.1) is 7.11 Å². The molecule has 1 aromatic rings. The zero-order valence-corrected chi connectivity index (χ0v) is 11.9. The van der Waals surface area contributed by atoms with E-state index < -0.39 is 0 Å². The quantitative estimate of drug-likeness (QED) is 0.882. The van der Waals surface area contributed by atoms with Crippen LogP contribution in [0.1, 0.15) is 16.7 Å². The molecule has 0 aliphatic carbocycles. The predicted octanol–water partition coefficient (Wildman–Crippen LogP) is 1.76. The van der Waals surface area contributed by atoms with Crippen LogP contribution in [0.5, 0.6) is 5.75 Å². The summed E-state index contributed by atoms with van der Waals surface area (Å²) in [5, 5.41) is 3.48. The lowest BCUT2D eigenvalue weighted by atomic mass is 9.95. The second-order valence-corrected chi connectivity index (χ2v) is 5.22. The maximum absolute atomic E-state index is 5.37. The first-order valence-corrected chi connectivity index (χ1v) is 6.67. The fourth-order valence-electron chi connectivity index (χ4n) is 2.64. The molecule has 0 saturated carbocycles. The van der Waals surface area contributed by atoms with E-state index in [-0.39, 0.29) is 0 Å². The maximum Gasteiger partial charge on any atom is 0.122 e. The van der Waals surface area contributed by atoms with Gasteiger partial charge in [-0.25, -0.2) is 0 Å². The molecule has 18 heavy (non-hydrogen) atoms. The van der Waals surface area contributed by atoms with Crippen molar-refractivity contribution in [2.24, 2.45) is 0 Å². The number of ether oxygens (including phenoxy) is 1. The van der Waals surface area contributed by atoms with Crippen molar-refractivity contribution in [2.75, 3.05) is 33.8 Å². The van der Waals surface area contributed by atoms with E-state index in [2.05, 4.69) is 43.2 Å². The number of nitrogens with one attached hydrogen (secondary N) is 1. The summed E-state index contributed by atoms with van der Waals surface area (Å²) in [7, 11) is 3.96. The highest BCUT2D eigenvalue weighted by atomic mass is 16.5. The van der Waals surface area contributed by atoms with E-state index in [0.29, 0.717) is 6.04 Å². The van der Waals surface area contributed by atoms with E-state index in [0.717, 1.165) is 31.8 Å². The summed E-state index contributed by atoms with van der Waals surface area (Å²) < 4.78 is 5.37. The molecule has 100 valence electrons. The van der Waals surface area contributed by atoms with Gasteiger partial charge in [0.25, 0.3) is 0 Å². The monoisotopic (exact) mass is 248 g/mol. The standard InChI is InChI=1S/C15H24N2O/c1-11-12(2)15(18-4)6-5-13(11)9-14-10-16-7-8-17(14)3/h5-6,14,16H,7-10H2,1-4H3. The second-order valence-electron chi connectivity index (χ2n) is 5.22. The van der Waals surface area contributed by atoms with E-state index in [4.69, 9.17) is 4.74 Å². The largest absolute Gasteiger partial charge is 0.496 e. The van der Waals surface area contributed by atoms with Gasteiger partial charge in [0.2, 0.25) is 0 Å². The van der Waals surface area contributed by atoms with E-state index in [1.54, 1.807) is 7.11 Å². The molecule has 0 radical (unpaired) electrons. The molecule has 0 aromatic heterocycles. The van der Waals surface area contributed by atoms with E-state index in [1.807, 2.05) is 0 Å². The van der Waals surface area contributed by atoms with Gasteiger partial charge in [-0.1, -0.05) is 6.07 Å². The average molecular weight is 248 g/mol. The van der Waals surface area contributed by atoms with E-state index in [1.165, 1.54) is 16.7 Å². The van der Waals surface area contributed by atoms with Gasteiger partial charge in [0.15, 0.2) is 0 Å². The summed E-state index contributed by atoms with van der Waals surface area (Å²) in [6.07, 6.45) is 1.11. The Balaban J connectivity index is 2.16. The van der Waals surface area contributed by atoms with Crippen LogP contribution in [-0.4, -0.2) is 44.7 Å². The molecular formula is C15H24N2O. The van der Waals surface area contributed by atoms with Crippen LogP contribution in [0.2, 0.25) is 0 Å². The van der Waals surface area contributed by atoms with Crippen LogP contribution in [0.3, 0.4) is 0 Å². The van der Waals surface area contributed by atoms with E-state index >= 15 is 0 Å². The smallest absolute Gasteiger partial charge is 0.122 e. The molecular weight excluding hydrogens is 224 g/mol. The minimum absolute atomic E-state index is 0.602. The third-order valence-electron chi connectivity index (χ3n) is 4.17. The summed E-state index contributed by atoms with van der Waals surface area (Å²) >= 11 is 0. The molecule has 0 bridgehead atoms. The van der Waals surface area contributed by atoms with Gasteiger partial charge in [0.1, 0.15) is 5.75 Å². The van der Waals surface area contributed by atoms with Gasteiger partial charge in [-0.3, -0.25) is 0 Å². The number of rotatable bonds is 3. The predicted molar refractivity (Wildman–Crippen MR) is 75.5 cm³/mol. The van der Waals surface area contributed by atoms with Gasteiger partial charge in [0, 0.05) is 25.7 Å². The van der Waals surface area contributed by atoms with Crippen molar-refractivity contribution in [1.29, 1.82) is 0 Å². The zero-order chi connectivity index (χ0) is 13.1. The number of piperazine rings is 1. The van der Waals surface area contributed by atoms with Crippen LogP contribution in [0, 0.1) is 13.8 Å². The summed E-state index contributed by atoms with van der Waals surface area (Å²) in [6, 6.07) is 4.91. The van der Waals surface area contributed by atoms with Crippen LogP contribution < -0.4 is 10.1 Å². The molecule has 3 heteroatoms. The lowest BCUT2D eigenvalue weighted by Crippen LogP contribution is -2.50. The number of hydrogen-bond acceptors (Lipinski definition) is 3. The van der Waals surface area contributed by atoms with Crippen molar-refractivity contribution in [3.63, 3.8) is 0 Å². The van der Waals surface area contributed by atoms with Crippen molar-refractivity contribution in [3.8, 4) is 5.75 Å². The molecule has 1 heterocycles. The highest BCUT2D eigenvalue weighted by Crippen LogP contribution is 2.25. The van der Waals surface area contributed by atoms with Gasteiger partial charge < -0.3 is 15.0 Å². The summed E-state index contributed by atoms with van der Waals surface area (Å²) in [4.78, 5) is 2.45. The Kier molecular flexibility index (Phi) is 4.25. The SMILES string of the molecule is COc1ccc(CC2CNCCN2C)c(C)c1C. The molecule has 1 aromatic carbocycles. The van der Waals surface area contributed by atoms with E-state index in [9.17, 15) is 0 Å². The van der Waals surface area contributed by atoms with Gasteiger partial charge in [-0.15, -0.1) is 0 Å². The molecule has 1 fully saturated rings. The molecule has 0 amide bonds. The summed E-state index contributed by atoms with van der Waals surface area (Å²) in [5.74, 6) is 0.992. The van der Waals surface area contributed by atoms with Crippen LogP contribution in [-0.2, 0) is 6.42 Å². The Morgan fingerprint density at radius 1 is 1.33 bits per heavy atom. The van der Waals surface area contributed by atoms with Crippen molar-refractivity contribution >= 4 is 0 Å². The van der Waals surface area contributed by atoms with Crippen molar-refractivity contribution in [1.82, 2.24) is 10.2 Å². The van der Waals surface area contributed by atoms with Crippen molar-refractivity contribution in [3.05, 3.63) is 28.8 Å². The minimum Gasteiger partial charge on any atom is -0.496 e. The summed E-state index contributed by atoms with van der Waals surface area (Å²) in [6.45, 7) is 7.66. The first kappa shape index (κ1) is 13.4. The topological polar surface area (TPSA) is 24.5 Å². The minimum atomic E-state index is 0.602. The lowest BCUT2D eigenvalue weighted by molar-refractivity contribution is 0.199. The number of benzene rings is 1. The highest BCUT2D eigenvalue weighted by molar-refractivity contribution is 5.43.